The molecule has 3 amide bonds. The van der Waals surface area contributed by atoms with Gasteiger partial charge in [0.15, 0.2) is 11.5 Å². The van der Waals surface area contributed by atoms with E-state index in [1.165, 1.54) is 0 Å². The van der Waals surface area contributed by atoms with Crippen molar-refractivity contribution in [1.82, 2.24) is 4.90 Å². The number of nitrogens with zero attached hydrogens (tertiary/aromatic N) is 1. The first-order chi connectivity index (χ1) is 17.0. The predicted molar refractivity (Wildman–Crippen MR) is 131 cm³/mol. The standard InChI is InChI=1S/C28H28N2O5/c1-2-34-24-12-11-19(15-25(24)35-20-9-5-6-10-20)23(16-26(29)31)30-27(32)21-13-17-7-3-4-8-18(17)14-22(21)28(30)33/h3-4,7-8,11-15,20,23H,2,5-6,9-10,16H2,1H3,(H2,29,31). The Bertz CT molecular complexity index is 1260. The number of rotatable bonds is 8. The van der Waals surface area contributed by atoms with E-state index in [-0.39, 0.29) is 12.5 Å². The van der Waals surface area contributed by atoms with E-state index in [0.29, 0.717) is 34.8 Å². The summed E-state index contributed by atoms with van der Waals surface area (Å²) in [6, 6.07) is 15.5. The minimum Gasteiger partial charge on any atom is -0.490 e. The lowest BCUT2D eigenvalue weighted by Gasteiger charge is -2.27. The van der Waals surface area contributed by atoms with E-state index < -0.39 is 23.8 Å². The number of carbonyl (C=O) groups excluding carboxylic acids is 3. The Labute approximate surface area is 203 Å². The Kier molecular flexibility index (Phi) is 6.16. The van der Waals surface area contributed by atoms with Crippen LogP contribution in [0.3, 0.4) is 0 Å². The summed E-state index contributed by atoms with van der Waals surface area (Å²) >= 11 is 0. The molecule has 0 bridgehead atoms. The van der Waals surface area contributed by atoms with Gasteiger partial charge in [0.1, 0.15) is 0 Å². The van der Waals surface area contributed by atoms with Gasteiger partial charge in [-0.15, -0.1) is 0 Å². The van der Waals surface area contributed by atoms with E-state index in [2.05, 4.69) is 0 Å². The maximum absolute atomic E-state index is 13.5. The first kappa shape index (κ1) is 22.9. The zero-order valence-corrected chi connectivity index (χ0v) is 19.7. The Morgan fingerprint density at radius 2 is 1.60 bits per heavy atom. The topological polar surface area (TPSA) is 98.9 Å². The van der Waals surface area contributed by atoms with E-state index in [1.54, 1.807) is 30.3 Å². The van der Waals surface area contributed by atoms with Gasteiger partial charge in [0, 0.05) is 0 Å². The Balaban J connectivity index is 1.55. The molecule has 2 N–H and O–H groups in total. The third kappa shape index (κ3) is 4.34. The molecular formula is C28H28N2O5. The summed E-state index contributed by atoms with van der Waals surface area (Å²) in [5.74, 6) is -0.338. The first-order valence-electron chi connectivity index (χ1n) is 12.1. The molecule has 0 spiro atoms. The first-order valence-corrected chi connectivity index (χ1v) is 12.1. The molecule has 180 valence electrons. The van der Waals surface area contributed by atoms with Crippen LogP contribution in [0.25, 0.3) is 10.8 Å². The van der Waals surface area contributed by atoms with Crippen LogP contribution >= 0.6 is 0 Å². The molecule has 7 heteroatoms. The third-order valence-electron chi connectivity index (χ3n) is 6.74. The van der Waals surface area contributed by atoms with E-state index in [0.717, 1.165) is 41.4 Å². The molecule has 0 radical (unpaired) electrons. The van der Waals surface area contributed by atoms with Crippen molar-refractivity contribution in [2.45, 2.75) is 51.2 Å². The SMILES string of the molecule is CCOc1ccc(C(CC(N)=O)N2C(=O)c3cc4ccccc4cc3C2=O)cc1OC1CCCC1. The Hall–Kier alpha value is -3.87. The molecule has 1 aliphatic carbocycles. The second-order valence-electron chi connectivity index (χ2n) is 9.07. The number of ether oxygens (including phenoxy) is 2. The number of hydrogen-bond acceptors (Lipinski definition) is 5. The fourth-order valence-electron chi connectivity index (χ4n) is 5.06. The summed E-state index contributed by atoms with van der Waals surface area (Å²) < 4.78 is 12.0. The van der Waals surface area contributed by atoms with Crippen LogP contribution in [0.2, 0.25) is 0 Å². The number of imide groups is 1. The molecule has 1 aliphatic heterocycles. The molecule has 1 saturated carbocycles. The number of fused-ring (bicyclic) bond motifs is 2. The van der Waals surface area contributed by atoms with E-state index in [4.69, 9.17) is 15.2 Å². The lowest BCUT2D eigenvalue weighted by molar-refractivity contribution is -0.118. The maximum Gasteiger partial charge on any atom is 0.262 e. The van der Waals surface area contributed by atoms with E-state index in [9.17, 15) is 14.4 Å². The van der Waals surface area contributed by atoms with Crippen LogP contribution in [-0.2, 0) is 4.79 Å². The summed E-state index contributed by atoms with van der Waals surface area (Å²) in [5.41, 5.74) is 6.84. The van der Waals surface area contributed by atoms with Crippen molar-refractivity contribution in [3.8, 4) is 11.5 Å². The zero-order valence-electron chi connectivity index (χ0n) is 19.7. The molecule has 1 atom stereocenters. The molecule has 1 heterocycles. The van der Waals surface area contributed by atoms with Crippen molar-refractivity contribution >= 4 is 28.5 Å². The van der Waals surface area contributed by atoms with Crippen molar-refractivity contribution in [3.05, 3.63) is 71.3 Å². The molecule has 5 rings (SSSR count). The number of nitrogens with two attached hydrogens (primary N) is 1. The van der Waals surface area contributed by atoms with Crippen molar-refractivity contribution in [3.63, 3.8) is 0 Å². The molecule has 35 heavy (non-hydrogen) atoms. The van der Waals surface area contributed by atoms with Crippen LogP contribution in [0.15, 0.2) is 54.6 Å². The monoisotopic (exact) mass is 472 g/mol. The van der Waals surface area contributed by atoms with Crippen LogP contribution in [0.1, 0.15) is 71.3 Å². The highest BCUT2D eigenvalue weighted by Gasteiger charge is 2.41. The maximum atomic E-state index is 13.5. The fraction of sp³-hybridized carbons (Fsp3) is 0.321. The number of primary amides is 1. The average molecular weight is 473 g/mol. The minimum atomic E-state index is -0.857. The molecule has 2 aliphatic rings. The average Bonchev–Trinajstić information content (AvgIpc) is 3.44. The Morgan fingerprint density at radius 1 is 0.971 bits per heavy atom. The summed E-state index contributed by atoms with van der Waals surface area (Å²) in [7, 11) is 0. The van der Waals surface area contributed by atoms with Gasteiger partial charge in [-0.25, -0.2) is 0 Å². The van der Waals surface area contributed by atoms with Crippen LogP contribution in [0.4, 0.5) is 0 Å². The molecule has 1 fully saturated rings. The molecule has 3 aromatic rings. The third-order valence-corrected chi connectivity index (χ3v) is 6.74. The molecule has 1 unspecified atom stereocenters. The van der Waals surface area contributed by atoms with Gasteiger partial charge in [0.25, 0.3) is 11.8 Å². The van der Waals surface area contributed by atoms with Crippen molar-refractivity contribution < 1.29 is 23.9 Å². The molecule has 7 nitrogen and oxygen atoms in total. The highest BCUT2D eigenvalue weighted by Crippen LogP contribution is 2.39. The largest absolute Gasteiger partial charge is 0.490 e. The number of carbonyl (C=O) groups is 3. The van der Waals surface area contributed by atoms with E-state index >= 15 is 0 Å². The number of benzene rings is 3. The molecule has 0 aromatic heterocycles. The minimum absolute atomic E-state index is 0.0887. The van der Waals surface area contributed by atoms with Crippen molar-refractivity contribution in [2.24, 2.45) is 5.73 Å². The number of hydrogen-bond donors (Lipinski definition) is 1. The number of amides is 3. The van der Waals surface area contributed by atoms with Gasteiger partial charge in [0.05, 0.1) is 36.3 Å². The van der Waals surface area contributed by atoms with Crippen molar-refractivity contribution in [1.29, 1.82) is 0 Å². The summed E-state index contributed by atoms with van der Waals surface area (Å²) in [6.45, 7) is 2.36. The van der Waals surface area contributed by atoms with Crippen LogP contribution in [0, 0.1) is 0 Å². The van der Waals surface area contributed by atoms with Gasteiger partial charge >= 0.3 is 0 Å². The van der Waals surface area contributed by atoms with Crippen molar-refractivity contribution in [2.75, 3.05) is 6.61 Å². The van der Waals surface area contributed by atoms with Gasteiger partial charge in [-0.1, -0.05) is 30.3 Å². The van der Waals surface area contributed by atoms with Gasteiger partial charge in [-0.2, -0.15) is 0 Å². The second-order valence-corrected chi connectivity index (χ2v) is 9.07. The zero-order chi connectivity index (χ0) is 24.5. The summed E-state index contributed by atoms with van der Waals surface area (Å²) in [4.78, 5) is 40.2. The van der Waals surface area contributed by atoms with Crippen LogP contribution in [-0.4, -0.2) is 35.3 Å². The van der Waals surface area contributed by atoms with Gasteiger partial charge in [-0.05, 0) is 73.2 Å². The highest BCUT2D eigenvalue weighted by molar-refractivity contribution is 6.23. The lowest BCUT2D eigenvalue weighted by atomic mass is 10.0. The molecular weight excluding hydrogens is 444 g/mol. The van der Waals surface area contributed by atoms with Gasteiger partial charge in [0.2, 0.25) is 5.91 Å². The molecule has 0 saturated heterocycles. The van der Waals surface area contributed by atoms with Gasteiger partial charge < -0.3 is 15.2 Å². The second kappa shape index (κ2) is 9.41. The normalized spacial score (nSPS) is 16.5. The molecule has 3 aromatic carbocycles. The Morgan fingerprint density at radius 3 is 2.17 bits per heavy atom. The predicted octanol–water partition coefficient (Wildman–Crippen LogP) is 4.77. The van der Waals surface area contributed by atoms with Crippen LogP contribution in [0.5, 0.6) is 11.5 Å². The van der Waals surface area contributed by atoms with E-state index in [1.807, 2.05) is 31.2 Å². The smallest absolute Gasteiger partial charge is 0.262 e. The summed E-state index contributed by atoms with van der Waals surface area (Å²) in [5, 5.41) is 1.74. The quantitative estimate of drug-likeness (QED) is 0.476. The highest BCUT2D eigenvalue weighted by atomic mass is 16.5. The lowest BCUT2D eigenvalue weighted by Crippen LogP contribution is -2.36. The van der Waals surface area contributed by atoms with Gasteiger partial charge in [-0.3, -0.25) is 19.3 Å². The summed E-state index contributed by atoms with van der Waals surface area (Å²) in [6.07, 6.45) is 4.05. The fourth-order valence-corrected chi connectivity index (χ4v) is 5.06. The van der Waals surface area contributed by atoms with Crippen LogP contribution < -0.4 is 15.2 Å².